The number of nitrogens with one attached hydrogen (secondary N) is 1. The average molecular weight is 240 g/mol. The van der Waals surface area contributed by atoms with Gasteiger partial charge in [0.25, 0.3) is 11.4 Å². The van der Waals surface area contributed by atoms with Crippen LogP contribution < -0.4 is 5.48 Å². The second kappa shape index (κ2) is 5.51. The van der Waals surface area contributed by atoms with Crippen LogP contribution in [0, 0.1) is 20.2 Å². The second-order valence-corrected chi connectivity index (χ2v) is 2.89. The van der Waals surface area contributed by atoms with Gasteiger partial charge in [-0.25, -0.2) is 0 Å². The van der Waals surface area contributed by atoms with E-state index in [1.54, 1.807) is 5.48 Å². The minimum Gasteiger partial charge on any atom is -0.290 e. The smallest absolute Gasteiger partial charge is 0.281 e. The molecule has 0 aliphatic heterocycles. The predicted octanol–water partition coefficient (Wildman–Crippen LogP) is 1.01. The summed E-state index contributed by atoms with van der Waals surface area (Å²) in [5.74, 6) is 0. The van der Waals surface area contributed by atoms with Crippen LogP contribution in [0.4, 0.5) is 11.4 Å². The molecule has 17 heavy (non-hydrogen) atoms. The van der Waals surface area contributed by atoms with E-state index in [9.17, 15) is 20.2 Å². The molecule has 0 fully saturated rings. The van der Waals surface area contributed by atoms with Crippen molar-refractivity contribution in [3.8, 4) is 0 Å². The maximum Gasteiger partial charge on any atom is 0.281 e. The Morgan fingerprint density at radius 3 is 2.24 bits per heavy atom. The molecule has 9 nitrogen and oxygen atoms in total. The Kier molecular flexibility index (Phi) is 4.06. The number of hydrogen-bond donors (Lipinski definition) is 2. The summed E-state index contributed by atoms with van der Waals surface area (Å²) in [5.41, 5.74) is 0.727. The largest absolute Gasteiger partial charge is 0.290 e. The molecule has 0 aliphatic rings. The van der Waals surface area contributed by atoms with Gasteiger partial charge in [-0.1, -0.05) is 0 Å². The molecule has 0 saturated heterocycles. The lowest BCUT2D eigenvalue weighted by atomic mass is 10.1. The molecule has 1 rings (SSSR count). The van der Waals surface area contributed by atoms with Gasteiger partial charge in [0.15, 0.2) is 0 Å². The minimum atomic E-state index is -0.718. The van der Waals surface area contributed by atoms with E-state index in [0.717, 1.165) is 18.5 Å². The summed E-state index contributed by atoms with van der Waals surface area (Å²) in [6, 6.07) is 3.54. The zero-order valence-electron chi connectivity index (χ0n) is 8.44. The van der Waals surface area contributed by atoms with Gasteiger partial charge in [-0.2, -0.15) is 0 Å². The Morgan fingerprint density at radius 1 is 1.29 bits per heavy atom. The van der Waals surface area contributed by atoms with Crippen LogP contribution in [0.5, 0.6) is 0 Å². The number of nitro benzene ring substituents is 2. The van der Waals surface area contributed by atoms with E-state index in [2.05, 4.69) is 4.99 Å². The highest BCUT2D eigenvalue weighted by Gasteiger charge is 2.23. The molecule has 90 valence electrons. The van der Waals surface area contributed by atoms with E-state index in [0.29, 0.717) is 0 Å². The van der Waals surface area contributed by atoms with Crippen molar-refractivity contribution in [1.29, 1.82) is 0 Å². The van der Waals surface area contributed by atoms with Crippen LogP contribution in [0.2, 0.25) is 0 Å². The van der Waals surface area contributed by atoms with Crippen LogP contribution in [0.1, 0.15) is 5.56 Å². The van der Waals surface area contributed by atoms with Gasteiger partial charge >= 0.3 is 0 Å². The molecule has 0 aliphatic carbocycles. The van der Waals surface area contributed by atoms with Gasteiger partial charge in [0.05, 0.1) is 16.4 Å². The second-order valence-electron chi connectivity index (χ2n) is 2.89. The number of benzene rings is 1. The summed E-state index contributed by atoms with van der Waals surface area (Å²) < 4.78 is 0. The van der Waals surface area contributed by atoms with Crippen LogP contribution in [0.3, 0.4) is 0 Å². The highest BCUT2D eigenvalue weighted by Crippen LogP contribution is 2.28. The van der Waals surface area contributed by atoms with Crippen molar-refractivity contribution in [3.05, 3.63) is 44.0 Å². The maximum absolute atomic E-state index is 10.7. The Hall–Kier alpha value is -2.55. The molecule has 9 heteroatoms. The summed E-state index contributed by atoms with van der Waals surface area (Å²) in [5, 5.41) is 29.6. The first-order valence-corrected chi connectivity index (χ1v) is 4.36. The first-order valence-electron chi connectivity index (χ1n) is 4.36. The molecule has 0 heterocycles. The number of rotatable bonds is 5. The van der Waals surface area contributed by atoms with Crippen LogP contribution in [0.15, 0.2) is 23.2 Å². The molecule has 0 radical (unpaired) electrons. The quantitative estimate of drug-likeness (QED) is 0.341. The lowest BCUT2D eigenvalue weighted by Crippen LogP contribution is -2.04. The third-order valence-corrected chi connectivity index (χ3v) is 1.92. The highest BCUT2D eigenvalue weighted by molar-refractivity contribution is 5.56. The van der Waals surface area contributed by atoms with Crippen molar-refractivity contribution in [1.82, 2.24) is 5.48 Å². The van der Waals surface area contributed by atoms with E-state index in [1.165, 1.54) is 6.07 Å². The molecule has 0 amide bonds. The Morgan fingerprint density at radius 2 is 1.82 bits per heavy atom. The Labute approximate surface area is 94.7 Å². The predicted molar refractivity (Wildman–Crippen MR) is 56.9 cm³/mol. The monoisotopic (exact) mass is 240 g/mol. The number of aliphatic imine (C=N–C) groups is 1. The van der Waals surface area contributed by atoms with Gasteiger partial charge < -0.3 is 0 Å². The van der Waals surface area contributed by atoms with Crippen LogP contribution in [-0.2, 0) is 6.54 Å². The molecular formula is C8H8N4O5. The molecule has 0 unspecified atom stereocenters. The molecule has 0 bridgehead atoms. The fourth-order valence-electron chi connectivity index (χ4n) is 1.24. The van der Waals surface area contributed by atoms with Crippen molar-refractivity contribution in [3.63, 3.8) is 0 Å². The summed E-state index contributed by atoms with van der Waals surface area (Å²) in [6.07, 6.45) is 0.875. The molecule has 0 saturated carbocycles. The Bertz CT molecular complexity index is 441. The average Bonchev–Trinajstić information content (AvgIpc) is 2.28. The molecule has 0 spiro atoms. The molecule has 0 aromatic heterocycles. The van der Waals surface area contributed by atoms with Crippen molar-refractivity contribution < 1.29 is 15.1 Å². The van der Waals surface area contributed by atoms with Crippen LogP contribution in [0.25, 0.3) is 0 Å². The number of hydroxylamine groups is 1. The first kappa shape index (κ1) is 12.5. The van der Waals surface area contributed by atoms with E-state index < -0.39 is 9.85 Å². The lowest BCUT2D eigenvalue weighted by molar-refractivity contribution is -0.395. The van der Waals surface area contributed by atoms with E-state index in [1.807, 2.05) is 0 Å². The van der Waals surface area contributed by atoms with Gasteiger partial charge in [-0.3, -0.25) is 35.9 Å². The van der Waals surface area contributed by atoms with Crippen molar-refractivity contribution in [2.24, 2.45) is 4.99 Å². The molecule has 2 N–H and O–H groups in total. The van der Waals surface area contributed by atoms with E-state index in [4.69, 9.17) is 5.21 Å². The van der Waals surface area contributed by atoms with Crippen LogP contribution >= 0.6 is 0 Å². The molecule has 1 aromatic rings. The minimum absolute atomic E-state index is 0.117. The van der Waals surface area contributed by atoms with E-state index >= 15 is 0 Å². The van der Waals surface area contributed by atoms with Gasteiger partial charge in [-0.15, -0.1) is 0 Å². The first-order chi connectivity index (χ1) is 8.07. The van der Waals surface area contributed by atoms with E-state index in [-0.39, 0.29) is 23.5 Å². The molecule has 1 aromatic carbocycles. The lowest BCUT2D eigenvalue weighted by Gasteiger charge is -2.00. The summed E-state index contributed by atoms with van der Waals surface area (Å²) in [4.78, 5) is 23.5. The SMILES string of the molecule is O=[N+]([O-])c1cccc([N+](=O)[O-])c1CN=CNO. The van der Waals surface area contributed by atoms with Crippen molar-refractivity contribution in [2.75, 3.05) is 0 Å². The number of nitro groups is 2. The number of nitrogens with zero attached hydrogens (tertiary/aromatic N) is 3. The number of hydrogen-bond acceptors (Lipinski definition) is 6. The fraction of sp³-hybridized carbons (Fsp3) is 0.125. The van der Waals surface area contributed by atoms with Crippen LogP contribution in [-0.4, -0.2) is 21.4 Å². The zero-order chi connectivity index (χ0) is 12.8. The highest BCUT2D eigenvalue weighted by atomic mass is 16.6. The maximum atomic E-state index is 10.7. The fourth-order valence-corrected chi connectivity index (χ4v) is 1.24. The zero-order valence-corrected chi connectivity index (χ0v) is 8.44. The van der Waals surface area contributed by atoms with Crippen molar-refractivity contribution in [2.45, 2.75) is 6.54 Å². The summed E-state index contributed by atoms with van der Waals surface area (Å²) in [7, 11) is 0. The summed E-state index contributed by atoms with van der Waals surface area (Å²) >= 11 is 0. The van der Waals surface area contributed by atoms with Crippen molar-refractivity contribution >= 4 is 17.7 Å². The third-order valence-electron chi connectivity index (χ3n) is 1.92. The van der Waals surface area contributed by atoms with Gasteiger partial charge in [-0.05, 0) is 6.07 Å². The third kappa shape index (κ3) is 2.95. The van der Waals surface area contributed by atoms with Gasteiger partial charge in [0, 0.05) is 12.1 Å². The molecule has 0 atom stereocenters. The molecular weight excluding hydrogens is 232 g/mol. The van der Waals surface area contributed by atoms with Gasteiger partial charge in [0.2, 0.25) is 0 Å². The normalized spacial score (nSPS) is 10.4. The topological polar surface area (TPSA) is 131 Å². The standard InChI is InChI=1S/C8H8N4O5/c13-10-5-9-4-6-7(11(14)15)2-1-3-8(6)12(16)17/h1-3,5,13H,4H2,(H,9,10). The summed E-state index contributed by atoms with van der Waals surface area (Å²) in [6.45, 7) is -0.277. The Balaban J connectivity index is 3.23. The van der Waals surface area contributed by atoms with Gasteiger partial charge in [0.1, 0.15) is 11.9 Å².